The molecule has 0 spiro atoms. The lowest BCUT2D eigenvalue weighted by Gasteiger charge is -2.01. The Hall–Kier alpha value is -0.620. The Labute approximate surface area is 105 Å². The van der Waals surface area contributed by atoms with E-state index in [1.165, 1.54) is 12.1 Å². The van der Waals surface area contributed by atoms with Gasteiger partial charge in [-0.1, -0.05) is 23.7 Å². The molecule has 0 fully saturated rings. The minimum Gasteiger partial charge on any atom is -0.266 e. The normalized spacial score (nSPS) is 10.6. The molecular formula is C10H7ClFIN2. The molecule has 0 atom stereocenters. The highest BCUT2D eigenvalue weighted by atomic mass is 127. The van der Waals surface area contributed by atoms with E-state index in [-0.39, 0.29) is 5.82 Å². The second kappa shape index (κ2) is 4.49. The summed E-state index contributed by atoms with van der Waals surface area (Å²) in [4.78, 5) is 0. The molecule has 2 nitrogen and oxygen atoms in total. The average molecular weight is 337 g/mol. The van der Waals surface area contributed by atoms with Crippen LogP contribution in [0.1, 0.15) is 5.56 Å². The first-order valence-corrected chi connectivity index (χ1v) is 5.74. The summed E-state index contributed by atoms with van der Waals surface area (Å²) in [6, 6.07) is 6.44. The molecule has 0 unspecified atom stereocenters. The summed E-state index contributed by atoms with van der Waals surface area (Å²) in [6.45, 7) is 0.528. The molecule has 1 heterocycles. The van der Waals surface area contributed by atoms with Crippen LogP contribution in [0, 0.1) is 9.52 Å². The lowest BCUT2D eigenvalue weighted by molar-refractivity contribution is 0.619. The van der Waals surface area contributed by atoms with Crippen molar-refractivity contribution in [1.29, 1.82) is 0 Å². The lowest BCUT2D eigenvalue weighted by atomic mass is 10.2. The Morgan fingerprint density at radius 2 is 2.27 bits per heavy atom. The molecule has 0 saturated carbocycles. The number of aromatic nitrogens is 2. The van der Waals surface area contributed by atoms with Crippen LogP contribution in [0.15, 0.2) is 30.5 Å². The molecular weight excluding hydrogens is 329 g/mol. The van der Waals surface area contributed by atoms with Crippen LogP contribution in [0.4, 0.5) is 4.39 Å². The van der Waals surface area contributed by atoms with Gasteiger partial charge in [-0.25, -0.2) is 4.39 Å². The molecule has 0 aliphatic heterocycles. The van der Waals surface area contributed by atoms with E-state index in [0.717, 1.165) is 9.26 Å². The fourth-order valence-electron chi connectivity index (χ4n) is 1.28. The highest BCUT2D eigenvalue weighted by Gasteiger charge is 2.03. The van der Waals surface area contributed by atoms with Crippen LogP contribution in [0.5, 0.6) is 0 Å². The third-order valence-electron chi connectivity index (χ3n) is 1.91. The predicted molar refractivity (Wildman–Crippen MR) is 65.5 cm³/mol. The molecule has 0 N–H and O–H groups in total. The maximum Gasteiger partial charge on any atom is 0.141 e. The van der Waals surface area contributed by atoms with Gasteiger partial charge in [-0.2, -0.15) is 5.10 Å². The number of rotatable bonds is 2. The minimum absolute atomic E-state index is 0.236. The molecule has 0 bridgehead atoms. The minimum atomic E-state index is -0.236. The van der Waals surface area contributed by atoms with Crippen LogP contribution in [-0.4, -0.2) is 9.78 Å². The molecule has 1 aromatic carbocycles. The number of hydrogen-bond acceptors (Lipinski definition) is 1. The van der Waals surface area contributed by atoms with Crippen LogP contribution in [0.2, 0.25) is 5.02 Å². The van der Waals surface area contributed by atoms with Crippen molar-refractivity contribution in [3.05, 3.63) is 50.6 Å². The Kier molecular flexibility index (Phi) is 3.25. The summed E-state index contributed by atoms with van der Waals surface area (Å²) in [5.74, 6) is -0.236. The van der Waals surface area contributed by atoms with Crippen LogP contribution >= 0.6 is 34.2 Å². The molecule has 2 rings (SSSR count). The maximum atomic E-state index is 12.9. The van der Waals surface area contributed by atoms with Crippen molar-refractivity contribution < 1.29 is 4.39 Å². The van der Waals surface area contributed by atoms with Crippen molar-refractivity contribution in [2.45, 2.75) is 6.54 Å². The largest absolute Gasteiger partial charge is 0.266 e. The predicted octanol–water partition coefficient (Wildman–Crippen LogP) is 3.33. The highest BCUT2D eigenvalue weighted by molar-refractivity contribution is 14.1. The third kappa shape index (κ3) is 2.69. The van der Waals surface area contributed by atoms with Crippen LogP contribution in [-0.2, 0) is 6.54 Å². The monoisotopic (exact) mass is 336 g/mol. The van der Waals surface area contributed by atoms with Crippen molar-refractivity contribution in [3.63, 3.8) is 0 Å². The first kappa shape index (κ1) is 10.9. The van der Waals surface area contributed by atoms with Gasteiger partial charge in [0.25, 0.3) is 0 Å². The highest BCUT2D eigenvalue weighted by Crippen LogP contribution is 2.16. The summed E-state index contributed by atoms with van der Waals surface area (Å²) >= 11 is 7.92. The van der Waals surface area contributed by atoms with Crippen molar-refractivity contribution in [1.82, 2.24) is 9.78 Å². The summed E-state index contributed by atoms with van der Waals surface area (Å²) < 4.78 is 15.3. The van der Waals surface area contributed by atoms with Crippen molar-refractivity contribution in [2.75, 3.05) is 0 Å². The van der Waals surface area contributed by atoms with Crippen molar-refractivity contribution >= 4 is 34.2 Å². The Morgan fingerprint density at radius 3 is 2.87 bits per heavy atom. The van der Waals surface area contributed by atoms with Gasteiger partial charge < -0.3 is 0 Å². The lowest BCUT2D eigenvalue weighted by Crippen LogP contribution is -2.00. The van der Waals surface area contributed by atoms with E-state index >= 15 is 0 Å². The summed E-state index contributed by atoms with van der Waals surface area (Å²) in [7, 11) is 0. The Morgan fingerprint density at radius 1 is 1.47 bits per heavy atom. The smallest absolute Gasteiger partial charge is 0.141 e. The van der Waals surface area contributed by atoms with Gasteiger partial charge in [-0.3, -0.25) is 4.68 Å². The summed E-state index contributed by atoms with van der Waals surface area (Å²) in [6.07, 6.45) is 1.73. The zero-order chi connectivity index (χ0) is 10.8. The quantitative estimate of drug-likeness (QED) is 0.769. The maximum absolute atomic E-state index is 12.9. The molecule has 0 radical (unpaired) electrons. The zero-order valence-corrected chi connectivity index (χ0v) is 10.5. The zero-order valence-electron chi connectivity index (χ0n) is 7.62. The van der Waals surface area contributed by atoms with E-state index in [2.05, 4.69) is 27.7 Å². The molecule has 0 aliphatic rings. The fourth-order valence-corrected chi connectivity index (χ4v) is 1.84. The van der Waals surface area contributed by atoms with E-state index < -0.39 is 0 Å². The van der Waals surface area contributed by atoms with E-state index in [1.54, 1.807) is 16.9 Å². The van der Waals surface area contributed by atoms with Crippen molar-refractivity contribution in [3.8, 4) is 0 Å². The van der Waals surface area contributed by atoms with E-state index in [4.69, 9.17) is 11.6 Å². The summed E-state index contributed by atoms with van der Waals surface area (Å²) in [5, 5.41) is 4.80. The van der Waals surface area contributed by atoms with Gasteiger partial charge in [0.15, 0.2) is 0 Å². The molecule has 2 aromatic rings. The number of halogens is 3. The van der Waals surface area contributed by atoms with Gasteiger partial charge in [0, 0.05) is 6.20 Å². The average Bonchev–Trinajstić information content (AvgIpc) is 2.45. The molecule has 15 heavy (non-hydrogen) atoms. The van der Waals surface area contributed by atoms with E-state index in [1.807, 2.05) is 6.07 Å². The van der Waals surface area contributed by atoms with Gasteiger partial charge in [0.1, 0.15) is 9.52 Å². The first-order chi connectivity index (χ1) is 7.15. The SMILES string of the molecule is Fc1cccc(Cn2cc(Cl)c(I)n2)c1. The van der Waals surface area contributed by atoms with Gasteiger partial charge in [-0.05, 0) is 40.3 Å². The fraction of sp³-hybridized carbons (Fsp3) is 0.100. The topological polar surface area (TPSA) is 17.8 Å². The molecule has 0 amide bonds. The van der Waals surface area contributed by atoms with Crippen LogP contribution in [0.25, 0.3) is 0 Å². The van der Waals surface area contributed by atoms with E-state index in [9.17, 15) is 4.39 Å². The second-order valence-corrected chi connectivity index (χ2v) is 4.52. The van der Waals surface area contributed by atoms with E-state index in [0.29, 0.717) is 11.6 Å². The van der Waals surface area contributed by atoms with Gasteiger partial charge in [-0.15, -0.1) is 0 Å². The van der Waals surface area contributed by atoms with Crippen LogP contribution in [0.3, 0.4) is 0 Å². The Balaban J connectivity index is 2.22. The summed E-state index contributed by atoms with van der Waals surface area (Å²) in [5.41, 5.74) is 0.866. The van der Waals surface area contributed by atoms with Crippen LogP contribution < -0.4 is 0 Å². The number of hydrogen-bond donors (Lipinski definition) is 0. The number of benzene rings is 1. The molecule has 0 saturated heterocycles. The number of nitrogens with zero attached hydrogens (tertiary/aromatic N) is 2. The molecule has 1 aromatic heterocycles. The molecule has 0 aliphatic carbocycles. The molecule has 5 heteroatoms. The van der Waals surface area contributed by atoms with Gasteiger partial charge in [0.2, 0.25) is 0 Å². The van der Waals surface area contributed by atoms with Crippen molar-refractivity contribution in [2.24, 2.45) is 0 Å². The molecule has 78 valence electrons. The Bertz CT molecular complexity index is 465. The first-order valence-electron chi connectivity index (χ1n) is 4.28. The standard InChI is InChI=1S/C10H7ClFIN2/c11-9-6-15(14-10(9)13)5-7-2-1-3-8(12)4-7/h1-4,6H,5H2. The third-order valence-corrected chi connectivity index (χ3v) is 3.30. The van der Waals surface area contributed by atoms with Gasteiger partial charge >= 0.3 is 0 Å². The second-order valence-electron chi connectivity index (χ2n) is 3.10. The van der Waals surface area contributed by atoms with Gasteiger partial charge in [0.05, 0.1) is 11.6 Å².